The molecule has 1 heteroatoms. The van der Waals surface area contributed by atoms with Gasteiger partial charge in [-0.15, -0.1) is 0 Å². The van der Waals surface area contributed by atoms with Gasteiger partial charge in [-0.3, -0.25) is 0 Å². The number of hydrogen-bond donors (Lipinski definition) is 0. The topological polar surface area (TPSA) is 9.23 Å². The molecule has 0 aromatic heterocycles. The van der Waals surface area contributed by atoms with Crippen molar-refractivity contribution in [2.75, 3.05) is 6.61 Å². The molecule has 0 spiro atoms. The Morgan fingerprint density at radius 1 is 1.44 bits per heavy atom. The summed E-state index contributed by atoms with van der Waals surface area (Å²) in [7, 11) is 0. The smallest absolute Gasteiger partial charge is 0.0892 e. The summed E-state index contributed by atoms with van der Waals surface area (Å²) in [6, 6.07) is 0. The van der Waals surface area contributed by atoms with Gasteiger partial charge in [-0.25, -0.2) is 0 Å². The average molecular weight is 127 g/mol. The fourth-order valence-electron chi connectivity index (χ4n) is 0.569. The second-order valence-corrected chi connectivity index (χ2v) is 2.09. The minimum Gasteiger partial charge on any atom is -0.499 e. The maximum absolute atomic E-state index is 5.04. The molecule has 0 saturated carbocycles. The number of hydrogen-bond acceptors (Lipinski definition) is 1. The first-order valence-corrected chi connectivity index (χ1v) is 3.41. The van der Waals surface area contributed by atoms with Crippen molar-refractivity contribution >= 4 is 0 Å². The van der Waals surface area contributed by atoms with E-state index in [1.807, 2.05) is 0 Å². The van der Waals surface area contributed by atoms with E-state index < -0.39 is 0 Å². The summed E-state index contributed by atoms with van der Waals surface area (Å²) in [5, 5.41) is 0. The van der Waals surface area contributed by atoms with E-state index in [2.05, 4.69) is 20.4 Å². The van der Waals surface area contributed by atoms with E-state index in [9.17, 15) is 0 Å². The van der Waals surface area contributed by atoms with Gasteiger partial charge >= 0.3 is 0 Å². The Morgan fingerprint density at radius 3 is 2.56 bits per heavy atom. The van der Waals surface area contributed by atoms with Crippen molar-refractivity contribution in [2.24, 2.45) is 0 Å². The Kier molecular flexibility index (Phi) is 5.38. The van der Waals surface area contributed by atoms with E-state index >= 15 is 0 Å². The third kappa shape index (κ3) is 7.54. The zero-order valence-electron chi connectivity index (χ0n) is 6.15. The van der Waals surface area contributed by atoms with E-state index in [0.717, 1.165) is 13.0 Å². The van der Waals surface area contributed by atoms with Crippen LogP contribution >= 0.6 is 0 Å². The predicted molar refractivity (Wildman–Crippen MR) is 40.0 cm³/mol. The van der Waals surface area contributed by atoms with Gasteiger partial charge in [0, 0.05) is 6.92 Å². The first kappa shape index (κ1) is 8.54. The lowest BCUT2D eigenvalue weighted by Crippen LogP contribution is -1.90. The number of ether oxygens (including phenoxy) is 1. The predicted octanol–water partition coefficient (Wildman–Crippen LogP) is 2.54. The lowest BCUT2D eigenvalue weighted by atomic mass is 10.3. The molecule has 0 atom stereocenters. The summed E-state index contributed by atoms with van der Waals surface area (Å²) in [4.78, 5) is 0. The highest BCUT2D eigenvalue weighted by molar-refractivity contribution is 4.84. The molecule has 0 aliphatic rings. The van der Waals surface area contributed by atoms with Crippen LogP contribution in [-0.4, -0.2) is 6.61 Å². The Morgan fingerprint density at radius 2 is 2.11 bits per heavy atom. The summed E-state index contributed by atoms with van der Waals surface area (Å²) < 4.78 is 5.04. The van der Waals surface area contributed by atoms with Crippen molar-refractivity contribution in [2.45, 2.75) is 26.2 Å². The van der Waals surface area contributed by atoms with Crippen LogP contribution in [0.4, 0.5) is 0 Å². The summed E-state index contributed by atoms with van der Waals surface area (Å²) in [6.07, 6.45) is 3.57. The van der Waals surface area contributed by atoms with Gasteiger partial charge in [0.15, 0.2) is 0 Å². The van der Waals surface area contributed by atoms with Crippen molar-refractivity contribution in [3.05, 3.63) is 19.3 Å². The number of allylic oxidation sites excluding steroid dienone is 1. The highest BCUT2D eigenvalue weighted by Gasteiger charge is 1.85. The van der Waals surface area contributed by atoms with Gasteiger partial charge in [0.05, 0.1) is 12.4 Å². The summed E-state index contributed by atoms with van der Waals surface area (Å²) in [5.74, 6) is 0.575. The van der Waals surface area contributed by atoms with E-state index in [1.165, 1.54) is 12.8 Å². The summed E-state index contributed by atoms with van der Waals surface area (Å²) in [6.45, 7) is 9.98. The molecule has 0 aliphatic heterocycles. The van der Waals surface area contributed by atoms with Crippen molar-refractivity contribution in [3.63, 3.8) is 0 Å². The monoisotopic (exact) mass is 127 g/mol. The SMILES string of the molecule is [CH2]C(=C)OCCCCC. The molecule has 0 amide bonds. The van der Waals surface area contributed by atoms with Crippen molar-refractivity contribution < 1.29 is 4.74 Å². The Balaban J connectivity index is 2.83. The summed E-state index contributed by atoms with van der Waals surface area (Å²) >= 11 is 0. The molecular formula is C8H15O. The standard InChI is InChI=1S/C8H15O/c1-4-5-6-7-9-8(2)3/h2-7H2,1H3. The zero-order chi connectivity index (χ0) is 7.11. The largest absolute Gasteiger partial charge is 0.499 e. The molecule has 9 heavy (non-hydrogen) atoms. The summed E-state index contributed by atoms with van der Waals surface area (Å²) in [5.41, 5.74) is 0. The van der Waals surface area contributed by atoms with E-state index in [4.69, 9.17) is 4.74 Å². The van der Waals surface area contributed by atoms with Gasteiger partial charge in [-0.05, 0) is 6.42 Å². The molecule has 1 nitrogen and oxygen atoms in total. The third-order valence-electron chi connectivity index (χ3n) is 1.05. The molecule has 53 valence electrons. The molecule has 0 N–H and O–H groups in total. The molecular weight excluding hydrogens is 112 g/mol. The van der Waals surface area contributed by atoms with Gasteiger partial charge in [-0.1, -0.05) is 26.3 Å². The first-order valence-electron chi connectivity index (χ1n) is 3.41. The zero-order valence-corrected chi connectivity index (χ0v) is 6.15. The molecule has 0 rings (SSSR count). The molecule has 0 fully saturated rings. The van der Waals surface area contributed by atoms with Crippen LogP contribution in [0.1, 0.15) is 26.2 Å². The van der Waals surface area contributed by atoms with Crippen LogP contribution < -0.4 is 0 Å². The lowest BCUT2D eigenvalue weighted by Gasteiger charge is -2.02. The van der Waals surface area contributed by atoms with Crippen LogP contribution in [0.5, 0.6) is 0 Å². The Labute approximate surface area is 57.7 Å². The van der Waals surface area contributed by atoms with Crippen molar-refractivity contribution in [3.8, 4) is 0 Å². The second-order valence-electron chi connectivity index (χ2n) is 2.09. The maximum Gasteiger partial charge on any atom is 0.0892 e. The fraction of sp³-hybridized carbons (Fsp3) is 0.625. The number of rotatable bonds is 5. The Hall–Kier alpha value is -0.460. The molecule has 0 unspecified atom stereocenters. The molecule has 0 heterocycles. The average Bonchev–Trinajstić information content (AvgIpc) is 1.80. The quantitative estimate of drug-likeness (QED) is 0.407. The minimum atomic E-state index is 0.575. The fourth-order valence-corrected chi connectivity index (χ4v) is 0.569. The van der Waals surface area contributed by atoms with Crippen LogP contribution in [-0.2, 0) is 4.74 Å². The molecule has 0 aromatic rings. The van der Waals surface area contributed by atoms with E-state index in [1.54, 1.807) is 0 Å². The minimum absolute atomic E-state index is 0.575. The molecule has 0 aromatic carbocycles. The second kappa shape index (κ2) is 5.67. The Bertz CT molecular complexity index is 76.6. The van der Waals surface area contributed by atoms with Gasteiger partial charge < -0.3 is 4.74 Å². The van der Waals surface area contributed by atoms with E-state index in [-0.39, 0.29) is 0 Å². The lowest BCUT2D eigenvalue weighted by molar-refractivity contribution is 0.218. The highest BCUT2D eigenvalue weighted by Crippen LogP contribution is 1.97. The van der Waals surface area contributed by atoms with Gasteiger partial charge in [0.25, 0.3) is 0 Å². The van der Waals surface area contributed by atoms with Gasteiger partial charge in [0.2, 0.25) is 0 Å². The highest BCUT2D eigenvalue weighted by atomic mass is 16.5. The van der Waals surface area contributed by atoms with Crippen molar-refractivity contribution in [1.82, 2.24) is 0 Å². The maximum atomic E-state index is 5.04. The van der Waals surface area contributed by atoms with Crippen LogP contribution in [0.3, 0.4) is 0 Å². The van der Waals surface area contributed by atoms with E-state index in [0.29, 0.717) is 5.76 Å². The van der Waals surface area contributed by atoms with Gasteiger partial charge in [0.1, 0.15) is 0 Å². The molecule has 0 aliphatic carbocycles. The van der Waals surface area contributed by atoms with Crippen LogP contribution in [0.25, 0.3) is 0 Å². The van der Waals surface area contributed by atoms with Crippen LogP contribution in [0.2, 0.25) is 0 Å². The normalized spacial score (nSPS) is 9.11. The molecule has 1 radical (unpaired) electrons. The third-order valence-corrected chi connectivity index (χ3v) is 1.05. The first-order chi connectivity index (χ1) is 4.27. The molecule has 0 saturated heterocycles. The molecule has 0 bridgehead atoms. The van der Waals surface area contributed by atoms with Crippen molar-refractivity contribution in [1.29, 1.82) is 0 Å². The number of unbranched alkanes of at least 4 members (excludes halogenated alkanes) is 2. The van der Waals surface area contributed by atoms with Gasteiger partial charge in [-0.2, -0.15) is 0 Å². The van der Waals surface area contributed by atoms with Crippen LogP contribution in [0, 0.1) is 6.92 Å². The van der Waals surface area contributed by atoms with Crippen LogP contribution in [0.15, 0.2) is 12.3 Å².